The first kappa shape index (κ1) is 28.5. The fourth-order valence-electron chi connectivity index (χ4n) is 3.08. The van der Waals surface area contributed by atoms with Crippen molar-refractivity contribution in [2.75, 3.05) is 20.0 Å². The van der Waals surface area contributed by atoms with E-state index in [1.54, 1.807) is 55.4 Å². The number of halogens is 2. The molecule has 38 heavy (non-hydrogen) atoms. The lowest BCUT2D eigenvalue weighted by atomic mass is 10.0. The molecule has 10 nitrogen and oxygen atoms in total. The molecule has 0 aliphatic rings. The Labute approximate surface area is 235 Å². The van der Waals surface area contributed by atoms with Gasteiger partial charge in [0, 0.05) is 18.0 Å². The van der Waals surface area contributed by atoms with Gasteiger partial charge in [-0.3, -0.25) is 5.10 Å². The average molecular weight is 644 g/mol. The molecule has 0 fully saturated rings. The van der Waals surface area contributed by atoms with E-state index in [9.17, 15) is 9.59 Å². The molecule has 3 heterocycles. The van der Waals surface area contributed by atoms with Gasteiger partial charge in [0.2, 0.25) is 0 Å². The van der Waals surface area contributed by atoms with Crippen LogP contribution in [0.2, 0.25) is 0 Å². The third-order valence-corrected chi connectivity index (χ3v) is 6.34. The van der Waals surface area contributed by atoms with Crippen LogP contribution >= 0.6 is 31.9 Å². The van der Waals surface area contributed by atoms with Gasteiger partial charge in [-0.2, -0.15) is 10.2 Å². The summed E-state index contributed by atoms with van der Waals surface area (Å²) >= 11 is 6.55. The number of hydrogen-bond donors (Lipinski definition) is 2. The van der Waals surface area contributed by atoms with Gasteiger partial charge >= 0.3 is 0 Å². The number of carbonyl (C=O) groups excluding carboxylic acids is 2. The van der Waals surface area contributed by atoms with Crippen LogP contribution in [0.5, 0.6) is 11.5 Å². The first-order valence-electron chi connectivity index (χ1n) is 11.0. The summed E-state index contributed by atoms with van der Waals surface area (Å²) in [5, 5.41) is 10.4. The van der Waals surface area contributed by atoms with Crippen molar-refractivity contribution in [3.8, 4) is 22.6 Å². The van der Waals surface area contributed by atoms with Gasteiger partial charge in [-0.15, -0.1) is 0 Å². The van der Waals surface area contributed by atoms with Gasteiger partial charge in [0.1, 0.15) is 29.9 Å². The Balaban J connectivity index is 0.000000175. The van der Waals surface area contributed by atoms with Gasteiger partial charge in [0.25, 0.3) is 0 Å². The number of nitrogen functional groups attached to an aromatic ring is 1. The van der Waals surface area contributed by atoms with Crippen LogP contribution in [0.4, 0.5) is 5.82 Å². The van der Waals surface area contributed by atoms with Gasteiger partial charge in [-0.25, -0.2) is 9.50 Å². The minimum absolute atomic E-state index is 0.569. The van der Waals surface area contributed by atoms with E-state index in [1.807, 2.05) is 36.7 Å². The number of carbonyl (C=O) groups is 2. The van der Waals surface area contributed by atoms with E-state index in [0.717, 1.165) is 31.5 Å². The number of aromatic amines is 1. The minimum atomic E-state index is -0.661. The number of nitrogens with one attached hydrogen (secondary N) is 1. The molecule has 5 rings (SSSR count). The summed E-state index contributed by atoms with van der Waals surface area (Å²) in [6, 6.07) is 14.7. The highest BCUT2D eigenvalue weighted by molar-refractivity contribution is 9.11. The van der Waals surface area contributed by atoms with Gasteiger partial charge < -0.3 is 24.8 Å². The summed E-state index contributed by atoms with van der Waals surface area (Å²) in [6.45, 7) is 0. The second-order valence-corrected chi connectivity index (χ2v) is 9.24. The van der Waals surface area contributed by atoms with Gasteiger partial charge in [-0.1, -0.05) is 24.3 Å². The van der Waals surface area contributed by atoms with Crippen LogP contribution in [0, 0.1) is 0 Å². The molecule has 0 aliphatic heterocycles. The van der Waals surface area contributed by atoms with Crippen molar-refractivity contribution >= 4 is 55.9 Å². The molecule has 0 unspecified atom stereocenters. The molecule has 0 saturated carbocycles. The molecular formula is C26H24Br2N6O4. The number of benzene rings is 2. The highest BCUT2D eigenvalue weighted by Crippen LogP contribution is 2.23. The number of aromatic nitrogens is 5. The number of nitrogens with zero attached hydrogens (tertiary/aromatic N) is 4. The van der Waals surface area contributed by atoms with Gasteiger partial charge in [-0.05, 0) is 67.3 Å². The molecule has 12 heteroatoms. The van der Waals surface area contributed by atoms with Crippen molar-refractivity contribution < 1.29 is 19.1 Å². The molecule has 0 atom stereocenters. The standard InChI is InChI=1S/C13H10BrN3O.C10H10O3.C3H4BrN3/c1-18-11-4-2-9(3-5-11)10-6-15-13-12(14)7-16-17(13)8-10;1-13-10-4-2-8(3-5-10)9(6-11)7-12;4-2-1-6-7-3(2)5/h2-8H,1H3;2-7,9H,1H3;1H,(H3,5,6,7). The number of anilines is 1. The Morgan fingerprint density at radius 3 is 1.95 bits per heavy atom. The fourth-order valence-corrected chi connectivity index (χ4v) is 3.64. The van der Waals surface area contributed by atoms with Crippen LogP contribution in [-0.4, -0.2) is 51.6 Å². The zero-order valence-corrected chi connectivity index (χ0v) is 23.6. The number of methoxy groups -OCH3 is 2. The zero-order chi connectivity index (χ0) is 27.5. The Morgan fingerprint density at radius 1 is 0.868 bits per heavy atom. The predicted molar refractivity (Wildman–Crippen MR) is 151 cm³/mol. The van der Waals surface area contributed by atoms with E-state index >= 15 is 0 Å². The van der Waals surface area contributed by atoms with E-state index in [-0.39, 0.29) is 0 Å². The van der Waals surface area contributed by atoms with Crippen molar-refractivity contribution in [3.63, 3.8) is 0 Å². The fraction of sp³-hybridized carbons (Fsp3) is 0.115. The van der Waals surface area contributed by atoms with Crippen molar-refractivity contribution in [2.45, 2.75) is 5.92 Å². The summed E-state index contributed by atoms with van der Waals surface area (Å²) < 4.78 is 13.5. The first-order chi connectivity index (χ1) is 18.4. The SMILES string of the molecule is COc1ccc(-c2cnc3c(Br)cnn3c2)cc1.COc1ccc(C(C=O)C=O)cc1.Nc1[nH]ncc1Br. The lowest BCUT2D eigenvalue weighted by Gasteiger charge is -2.04. The van der Waals surface area contributed by atoms with Crippen LogP contribution in [0.1, 0.15) is 11.5 Å². The molecule has 0 saturated heterocycles. The number of hydrogen-bond acceptors (Lipinski definition) is 8. The summed E-state index contributed by atoms with van der Waals surface area (Å²) in [7, 11) is 3.22. The normalized spacial score (nSPS) is 10.1. The molecule has 196 valence electrons. The molecule has 0 bridgehead atoms. The maximum Gasteiger partial charge on any atom is 0.169 e. The number of fused-ring (bicyclic) bond motifs is 1. The summed E-state index contributed by atoms with van der Waals surface area (Å²) in [4.78, 5) is 25.2. The maximum absolute atomic E-state index is 10.4. The van der Waals surface area contributed by atoms with Crippen LogP contribution in [0.25, 0.3) is 16.8 Å². The van der Waals surface area contributed by atoms with Gasteiger partial charge in [0.05, 0.1) is 41.5 Å². The average Bonchev–Trinajstić information content (AvgIpc) is 3.53. The largest absolute Gasteiger partial charge is 0.497 e. The summed E-state index contributed by atoms with van der Waals surface area (Å²) in [5.41, 5.74) is 8.87. The van der Waals surface area contributed by atoms with E-state index in [2.05, 4.69) is 52.1 Å². The molecule has 0 radical (unpaired) electrons. The molecule has 0 amide bonds. The maximum atomic E-state index is 10.4. The van der Waals surface area contributed by atoms with E-state index < -0.39 is 5.92 Å². The number of nitrogens with two attached hydrogens (primary N) is 1. The van der Waals surface area contributed by atoms with E-state index in [0.29, 0.717) is 29.7 Å². The number of aldehydes is 2. The number of H-pyrrole nitrogens is 1. The second kappa shape index (κ2) is 14.1. The zero-order valence-electron chi connectivity index (χ0n) is 20.4. The van der Waals surface area contributed by atoms with Crippen LogP contribution < -0.4 is 15.2 Å². The minimum Gasteiger partial charge on any atom is -0.497 e. The monoisotopic (exact) mass is 642 g/mol. The van der Waals surface area contributed by atoms with Crippen molar-refractivity contribution in [2.24, 2.45) is 0 Å². The lowest BCUT2D eigenvalue weighted by molar-refractivity contribution is -0.116. The highest BCUT2D eigenvalue weighted by atomic mass is 79.9. The molecule has 3 N–H and O–H groups in total. The Hall–Kier alpha value is -4.03. The van der Waals surface area contributed by atoms with E-state index in [4.69, 9.17) is 15.2 Å². The Bertz CT molecular complexity index is 1450. The summed E-state index contributed by atoms with van der Waals surface area (Å²) in [6.07, 6.45) is 8.37. The third kappa shape index (κ3) is 7.49. The first-order valence-corrected chi connectivity index (χ1v) is 12.6. The molecule has 0 aliphatic carbocycles. The molecule has 2 aromatic carbocycles. The molecule has 5 aromatic rings. The molecule has 3 aromatic heterocycles. The predicted octanol–water partition coefficient (Wildman–Crippen LogP) is 5.10. The summed E-state index contributed by atoms with van der Waals surface area (Å²) in [5.74, 6) is 1.46. The molecule has 0 spiro atoms. The van der Waals surface area contributed by atoms with Gasteiger partial charge in [0.15, 0.2) is 5.65 Å². The van der Waals surface area contributed by atoms with E-state index in [1.165, 1.54) is 0 Å². The molecular weight excluding hydrogens is 620 g/mol. The number of rotatable bonds is 6. The second-order valence-electron chi connectivity index (χ2n) is 7.53. The van der Waals surface area contributed by atoms with Crippen molar-refractivity contribution in [3.05, 3.63) is 87.8 Å². The van der Waals surface area contributed by atoms with Crippen molar-refractivity contribution in [1.82, 2.24) is 24.8 Å². The van der Waals surface area contributed by atoms with Crippen LogP contribution in [0.3, 0.4) is 0 Å². The Morgan fingerprint density at radius 2 is 1.47 bits per heavy atom. The van der Waals surface area contributed by atoms with Crippen LogP contribution in [0.15, 0.2) is 82.3 Å². The Kier molecular flexibility index (Phi) is 10.6. The van der Waals surface area contributed by atoms with Crippen molar-refractivity contribution in [1.29, 1.82) is 0 Å². The third-order valence-electron chi connectivity index (χ3n) is 5.15. The topological polar surface area (TPSA) is 137 Å². The highest BCUT2D eigenvalue weighted by Gasteiger charge is 2.08. The van der Waals surface area contributed by atoms with Crippen LogP contribution in [-0.2, 0) is 9.59 Å². The number of ether oxygens (including phenoxy) is 2. The smallest absolute Gasteiger partial charge is 0.169 e. The quantitative estimate of drug-likeness (QED) is 0.193. The lowest BCUT2D eigenvalue weighted by Crippen LogP contribution is -2.00.